The monoisotopic (exact) mass is 279 g/mol. The fourth-order valence-corrected chi connectivity index (χ4v) is 1.65. The first-order valence-electron chi connectivity index (χ1n) is 5.59. The number of benzene rings is 1. The highest BCUT2D eigenvalue weighted by Crippen LogP contribution is 2.13. The topological polar surface area (TPSA) is 86.8 Å². The summed E-state index contributed by atoms with van der Waals surface area (Å²) < 4.78 is 13.3. The van der Waals surface area contributed by atoms with E-state index < -0.39 is 36.1 Å². The van der Waals surface area contributed by atoms with Crippen LogP contribution in [0.5, 0.6) is 0 Å². The number of nitrogens with one attached hydrogen (secondary N) is 1. The number of carbonyl (C=O) groups excluding carboxylic acids is 4. The van der Waals surface area contributed by atoms with Gasteiger partial charge in [0, 0.05) is 7.05 Å². The van der Waals surface area contributed by atoms with Crippen molar-refractivity contribution < 1.29 is 23.6 Å². The number of rotatable bonds is 3. The summed E-state index contributed by atoms with van der Waals surface area (Å²) in [5.41, 5.74) is -0.0729. The van der Waals surface area contributed by atoms with Crippen LogP contribution in [0.2, 0.25) is 0 Å². The Labute approximate surface area is 112 Å². The smallest absolute Gasteiger partial charge is 0.322 e. The molecule has 0 bridgehead atoms. The number of amides is 5. The van der Waals surface area contributed by atoms with Gasteiger partial charge < -0.3 is 5.32 Å². The van der Waals surface area contributed by atoms with Gasteiger partial charge in [0.05, 0.1) is 5.69 Å². The number of likely N-dealkylation sites (N-methyl/N-ethyl adjacent to an activating group) is 1. The molecule has 0 aliphatic carbocycles. The summed E-state index contributed by atoms with van der Waals surface area (Å²) in [6.07, 6.45) is 0. The molecule has 1 aromatic carbocycles. The standard InChI is InChI=1S/C12H10FN3O4/c1-15-10(18)11(19)16(12(15)20)6-9(17)14-8-5-3-2-4-7(8)13/h2-5H,6H2,1H3,(H,14,17). The number of hydrogen-bond acceptors (Lipinski definition) is 4. The number of halogens is 1. The van der Waals surface area contributed by atoms with E-state index in [1.54, 1.807) is 0 Å². The number of carbonyl (C=O) groups is 4. The van der Waals surface area contributed by atoms with E-state index in [1.807, 2.05) is 0 Å². The van der Waals surface area contributed by atoms with Crippen LogP contribution < -0.4 is 5.32 Å². The average Bonchev–Trinajstić information content (AvgIpc) is 2.59. The summed E-state index contributed by atoms with van der Waals surface area (Å²) in [6, 6.07) is 4.56. The van der Waals surface area contributed by atoms with Crippen LogP contribution in [-0.2, 0) is 14.4 Å². The van der Waals surface area contributed by atoms with Crippen LogP contribution in [0, 0.1) is 5.82 Å². The second kappa shape index (κ2) is 5.08. The summed E-state index contributed by atoms with van der Waals surface area (Å²) >= 11 is 0. The lowest BCUT2D eigenvalue weighted by Gasteiger charge is -2.12. The van der Waals surface area contributed by atoms with Crippen molar-refractivity contribution in [3.8, 4) is 0 Å². The van der Waals surface area contributed by atoms with Crippen LogP contribution in [0.25, 0.3) is 0 Å². The summed E-state index contributed by atoms with van der Waals surface area (Å²) in [6.45, 7) is -0.651. The van der Waals surface area contributed by atoms with Crippen molar-refractivity contribution in [3.63, 3.8) is 0 Å². The highest BCUT2D eigenvalue weighted by atomic mass is 19.1. The average molecular weight is 279 g/mol. The van der Waals surface area contributed by atoms with E-state index in [0.29, 0.717) is 9.80 Å². The zero-order valence-electron chi connectivity index (χ0n) is 10.4. The Hall–Kier alpha value is -2.77. The molecule has 0 radical (unpaired) electrons. The summed E-state index contributed by atoms with van der Waals surface area (Å²) in [4.78, 5) is 47.0. The molecule has 1 aliphatic heterocycles. The first kappa shape index (κ1) is 13.7. The molecular weight excluding hydrogens is 269 g/mol. The second-order valence-corrected chi connectivity index (χ2v) is 4.07. The van der Waals surface area contributed by atoms with E-state index >= 15 is 0 Å². The highest BCUT2D eigenvalue weighted by molar-refractivity contribution is 6.44. The van der Waals surface area contributed by atoms with Gasteiger partial charge in [-0.1, -0.05) is 12.1 Å². The molecule has 20 heavy (non-hydrogen) atoms. The second-order valence-electron chi connectivity index (χ2n) is 4.07. The molecule has 2 rings (SSSR count). The van der Waals surface area contributed by atoms with E-state index in [2.05, 4.69) is 5.32 Å². The predicted octanol–water partition coefficient (Wildman–Crippen LogP) is 0.185. The Morgan fingerprint density at radius 2 is 1.85 bits per heavy atom. The molecule has 0 unspecified atom stereocenters. The van der Waals surface area contributed by atoms with E-state index in [-0.39, 0.29) is 5.69 Å². The Morgan fingerprint density at radius 3 is 2.40 bits per heavy atom. The van der Waals surface area contributed by atoms with Gasteiger partial charge in [-0.15, -0.1) is 0 Å². The van der Waals surface area contributed by atoms with Crippen molar-refractivity contribution in [2.24, 2.45) is 0 Å². The van der Waals surface area contributed by atoms with Crippen molar-refractivity contribution in [2.75, 3.05) is 18.9 Å². The van der Waals surface area contributed by atoms with Gasteiger partial charge in [0.15, 0.2) is 0 Å². The van der Waals surface area contributed by atoms with Gasteiger partial charge in [0.25, 0.3) is 0 Å². The van der Waals surface area contributed by atoms with Gasteiger partial charge in [0.1, 0.15) is 12.4 Å². The van der Waals surface area contributed by atoms with Crippen molar-refractivity contribution in [2.45, 2.75) is 0 Å². The van der Waals surface area contributed by atoms with E-state index in [9.17, 15) is 23.6 Å². The van der Waals surface area contributed by atoms with Crippen LogP contribution in [0.15, 0.2) is 24.3 Å². The van der Waals surface area contributed by atoms with Crippen LogP contribution in [-0.4, -0.2) is 47.1 Å². The molecule has 1 N–H and O–H groups in total. The molecule has 0 aromatic heterocycles. The Bertz CT molecular complexity index is 616. The lowest BCUT2D eigenvalue weighted by atomic mass is 10.3. The van der Waals surface area contributed by atoms with E-state index in [4.69, 9.17) is 0 Å². The normalized spacial score (nSPS) is 15.0. The van der Waals surface area contributed by atoms with Gasteiger partial charge in [0.2, 0.25) is 5.91 Å². The fraction of sp³-hybridized carbons (Fsp3) is 0.167. The van der Waals surface area contributed by atoms with Crippen molar-refractivity contribution in [1.29, 1.82) is 0 Å². The molecule has 1 aromatic rings. The third-order valence-electron chi connectivity index (χ3n) is 2.70. The van der Waals surface area contributed by atoms with Crippen LogP contribution in [0.4, 0.5) is 14.9 Å². The fourth-order valence-electron chi connectivity index (χ4n) is 1.65. The maximum atomic E-state index is 13.3. The largest absolute Gasteiger partial charge is 0.334 e. The van der Waals surface area contributed by atoms with Gasteiger partial charge >= 0.3 is 17.8 Å². The molecule has 0 saturated carbocycles. The number of hydrogen-bond donors (Lipinski definition) is 1. The maximum Gasteiger partial charge on any atom is 0.334 e. The lowest BCUT2D eigenvalue weighted by molar-refractivity contribution is -0.143. The third-order valence-corrected chi connectivity index (χ3v) is 2.70. The molecule has 0 atom stereocenters. The minimum atomic E-state index is -1.08. The van der Waals surface area contributed by atoms with Crippen LogP contribution in [0.3, 0.4) is 0 Å². The summed E-state index contributed by atoms with van der Waals surface area (Å²) in [5.74, 6) is -3.51. The molecular formula is C12H10FN3O4. The van der Waals surface area contributed by atoms with E-state index in [0.717, 1.165) is 13.1 Å². The molecule has 1 aliphatic rings. The van der Waals surface area contributed by atoms with Crippen molar-refractivity contribution in [1.82, 2.24) is 9.80 Å². The molecule has 1 heterocycles. The quantitative estimate of drug-likeness (QED) is 0.632. The Balaban J connectivity index is 2.06. The maximum absolute atomic E-state index is 13.3. The number of para-hydroxylation sites is 1. The molecule has 0 spiro atoms. The Morgan fingerprint density at radius 1 is 1.20 bits per heavy atom. The first-order chi connectivity index (χ1) is 9.41. The minimum absolute atomic E-state index is 0.0729. The van der Waals surface area contributed by atoms with Gasteiger partial charge in [-0.25, -0.2) is 14.1 Å². The highest BCUT2D eigenvalue weighted by Gasteiger charge is 2.42. The summed E-state index contributed by atoms with van der Waals surface area (Å²) in [7, 11) is 1.14. The Kier molecular flexibility index (Phi) is 3.47. The van der Waals surface area contributed by atoms with Gasteiger partial charge in [-0.3, -0.25) is 19.3 Å². The molecule has 104 valence electrons. The molecule has 7 nitrogen and oxygen atoms in total. The SMILES string of the molecule is CN1C(=O)C(=O)N(CC(=O)Nc2ccccc2F)C1=O. The van der Waals surface area contributed by atoms with Crippen molar-refractivity contribution in [3.05, 3.63) is 30.1 Å². The zero-order valence-corrected chi connectivity index (χ0v) is 10.4. The third kappa shape index (κ3) is 2.35. The number of anilines is 1. The molecule has 1 fully saturated rings. The molecule has 8 heteroatoms. The van der Waals surface area contributed by atoms with Crippen LogP contribution in [0.1, 0.15) is 0 Å². The van der Waals surface area contributed by atoms with Gasteiger partial charge in [-0.2, -0.15) is 0 Å². The van der Waals surface area contributed by atoms with Crippen molar-refractivity contribution >= 4 is 29.4 Å². The molecule has 5 amide bonds. The van der Waals surface area contributed by atoms with Crippen LogP contribution >= 0.6 is 0 Å². The predicted molar refractivity (Wildman–Crippen MR) is 64.9 cm³/mol. The lowest BCUT2D eigenvalue weighted by Crippen LogP contribution is -2.38. The zero-order chi connectivity index (χ0) is 14.9. The number of urea groups is 1. The van der Waals surface area contributed by atoms with Gasteiger partial charge in [-0.05, 0) is 12.1 Å². The minimum Gasteiger partial charge on any atom is -0.322 e. The number of imide groups is 2. The number of nitrogens with zero attached hydrogens (tertiary/aromatic N) is 2. The summed E-state index contributed by atoms with van der Waals surface area (Å²) in [5, 5.41) is 2.22. The first-order valence-corrected chi connectivity index (χ1v) is 5.59. The van der Waals surface area contributed by atoms with E-state index in [1.165, 1.54) is 18.2 Å². The molecule has 1 saturated heterocycles.